The molecule has 1 aliphatic rings. The Morgan fingerprint density at radius 1 is 1.20 bits per heavy atom. The smallest absolute Gasteiger partial charge is 0.407 e. The molecule has 25 heavy (non-hydrogen) atoms. The zero-order chi connectivity index (χ0) is 18.3. The van der Waals surface area contributed by atoms with Crippen molar-refractivity contribution in [1.82, 2.24) is 20.8 Å². The molecule has 1 heterocycles. The Kier molecular flexibility index (Phi) is 7.37. The van der Waals surface area contributed by atoms with Crippen molar-refractivity contribution < 1.29 is 9.53 Å². The van der Waals surface area contributed by atoms with Crippen LogP contribution in [-0.4, -0.2) is 40.1 Å². The number of anilines is 1. The molecule has 7 nitrogen and oxygen atoms in total. The third kappa shape index (κ3) is 7.52. The zero-order valence-electron chi connectivity index (χ0n) is 15.1. The number of rotatable bonds is 5. The quantitative estimate of drug-likeness (QED) is 0.529. The maximum Gasteiger partial charge on any atom is 0.407 e. The maximum absolute atomic E-state index is 11.5. The van der Waals surface area contributed by atoms with Crippen LogP contribution in [0.15, 0.2) is 0 Å². The van der Waals surface area contributed by atoms with Crippen molar-refractivity contribution in [2.75, 3.05) is 18.4 Å². The van der Waals surface area contributed by atoms with Crippen molar-refractivity contribution in [2.45, 2.75) is 64.4 Å². The van der Waals surface area contributed by atoms with E-state index in [0.29, 0.717) is 29.3 Å². The van der Waals surface area contributed by atoms with Crippen LogP contribution in [-0.2, 0) is 4.74 Å². The van der Waals surface area contributed by atoms with Crippen molar-refractivity contribution in [1.29, 1.82) is 0 Å². The van der Waals surface area contributed by atoms with Crippen molar-refractivity contribution in [3.05, 3.63) is 5.01 Å². The average molecular weight is 386 g/mol. The van der Waals surface area contributed by atoms with Crippen LogP contribution in [0.5, 0.6) is 0 Å². The van der Waals surface area contributed by atoms with Gasteiger partial charge in [-0.25, -0.2) is 4.79 Å². The SMILES string of the molecule is CC(C)(C)OC(=O)NCCNC(=S)Nc1nnc(C2CCCCC2)s1. The Morgan fingerprint density at radius 3 is 2.56 bits per heavy atom. The van der Waals surface area contributed by atoms with E-state index >= 15 is 0 Å². The molecule has 1 saturated carbocycles. The van der Waals surface area contributed by atoms with Crippen LogP contribution in [0.3, 0.4) is 0 Å². The number of aromatic nitrogens is 2. The zero-order valence-corrected chi connectivity index (χ0v) is 16.7. The lowest BCUT2D eigenvalue weighted by molar-refractivity contribution is 0.0529. The van der Waals surface area contributed by atoms with Gasteiger partial charge >= 0.3 is 6.09 Å². The Labute approximate surface area is 158 Å². The number of hydrogen-bond acceptors (Lipinski definition) is 6. The predicted octanol–water partition coefficient (Wildman–Crippen LogP) is 3.40. The summed E-state index contributed by atoms with van der Waals surface area (Å²) >= 11 is 6.81. The van der Waals surface area contributed by atoms with E-state index in [0.717, 1.165) is 5.01 Å². The van der Waals surface area contributed by atoms with E-state index in [1.54, 1.807) is 11.3 Å². The molecule has 0 atom stereocenters. The summed E-state index contributed by atoms with van der Waals surface area (Å²) in [5.74, 6) is 0.543. The molecule has 0 saturated heterocycles. The highest BCUT2D eigenvalue weighted by Crippen LogP contribution is 2.35. The Balaban J connectivity index is 1.65. The third-order valence-corrected chi connectivity index (χ3v) is 4.94. The van der Waals surface area contributed by atoms with E-state index in [1.165, 1.54) is 32.1 Å². The first-order valence-electron chi connectivity index (χ1n) is 8.68. The number of nitrogens with zero attached hydrogens (tertiary/aromatic N) is 2. The summed E-state index contributed by atoms with van der Waals surface area (Å²) in [5, 5.41) is 19.5. The van der Waals surface area contributed by atoms with Crippen LogP contribution < -0.4 is 16.0 Å². The van der Waals surface area contributed by atoms with Crippen molar-refractivity contribution in [2.24, 2.45) is 0 Å². The monoisotopic (exact) mass is 385 g/mol. The first kappa shape index (κ1) is 19.8. The minimum absolute atomic E-state index is 0.417. The van der Waals surface area contributed by atoms with Crippen LogP contribution in [0.4, 0.5) is 9.93 Å². The molecule has 0 bridgehead atoms. The van der Waals surface area contributed by atoms with Crippen LogP contribution in [0.2, 0.25) is 0 Å². The summed E-state index contributed by atoms with van der Waals surface area (Å²) in [6, 6.07) is 0. The predicted molar refractivity (Wildman–Crippen MR) is 104 cm³/mol. The van der Waals surface area contributed by atoms with Crippen LogP contribution in [0.25, 0.3) is 0 Å². The van der Waals surface area contributed by atoms with Gasteiger partial charge in [-0.2, -0.15) is 0 Å². The fourth-order valence-corrected chi connectivity index (χ4v) is 3.78. The highest BCUT2D eigenvalue weighted by molar-refractivity contribution is 7.80. The molecule has 140 valence electrons. The Morgan fingerprint density at radius 2 is 1.88 bits per heavy atom. The number of ether oxygens (including phenoxy) is 1. The first-order valence-corrected chi connectivity index (χ1v) is 9.91. The van der Waals surface area contributed by atoms with Crippen LogP contribution >= 0.6 is 23.6 Å². The molecular weight excluding hydrogens is 358 g/mol. The van der Waals surface area contributed by atoms with Gasteiger partial charge in [-0.15, -0.1) is 10.2 Å². The molecule has 3 N–H and O–H groups in total. The number of hydrogen-bond donors (Lipinski definition) is 3. The Bertz CT molecular complexity index is 579. The molecule has 0 aliphatic heterocycles. The molecule has 1 fully saturated rings. The van der Waals surface area contributed by atoms with Gasteiger partial charge in [-0.3, -0.25) is 0 Å². The van der Waals surface area contributed by atoms with E-state index in [9.17, 15) is 4.79 Å². The molecule has 1 aliphatic carbocycles. The minimum Gasteiger partial charge on any atom is -0.444 e. The molecule has 2 rings (SSSR count). The summed E-state index contributed by atoms with van der Waals surface area (Å²) in [6.07, 6.45) is 5.84. The number of thiocarbonyl (C=S) groups is 1. The van der Waals surface area contributed by atoms with Crippen LogP contribution in [0.1, 0.15) is 63.8 Å². The lowest BCUT2D eigenvalue weighted by atomic mass is 9.90. The molecule has 0 aromatic carbocycles. The number of carbonyl (C=O) groups excluding carboxylic acids is 1. The summed E-state index contributed by atoms with van der Waals surface area (Å²) in [7, 11) is 0. The highest BCUT2D eigenvalue weighted by atomic mass is 32.1. The van der Waals surface area contributed by atoms with E-state index in [2.05, 4.69) is 26.1 Å². The third-order valence-electron chi connectivity index (χ3n) is 3.69. The second-order valence-electron chi connectivity index (χ2n) is 7.09. The normalized spacial score (nSPS) is 15.5. The number of carbonyl (C=O) groups is 1. The van der Waals surface area contributed by atoms with Gasteiger partial charge in [0.15, 0.2) is 5.11 Å². The molecule has 0 unspecified atom stereocenters. The first-order chi connectivity index (χ1) is 11.8. The van der Waals surface area contributed by atoms with Gasteiger partial charge in [0.1, 0.15) is 10.6 Å². The van der Waals surface area contributed by atoms with Gasteiger partial charge in [0.2, 0.25) is 5.13 Å². The number of nitrogens with one attached hydrogen (secondary N) is 3. The fourth-order valence-electron chi connectivity index (χ4n) is 2.60. The Hall–Kier alpha value is -1.48. The van der Waals surface area contributed by atoms with Gasteiger partial charge in [-0.1, -0.05) is 30.6 Å². The van der Waals surface area contributed by atoms with Gasteiger partial charge in [0.25, 0.3) is 0 Å². The van der Waals surface area contributed by atoms with Crippen molar-refractivity contribution in [3.63, 3.8) is 0 Å². The second-order valence-corrected chi connectivity index (χ2v) is 8.51. The molecule has 1 amide bonds. The summed E-state index contributed by atoms with van der Waals surface area (Å²) in [5.41, 5.74) is -0.498. The molecule has 1 aromatic rings. The number of amides is 1. The number of alkyl carbamates (subject to hydrolysis) is 1. The standard InChI is InChI=1S/C16H27N5O2S2/c1-16(2,3)23-15(22)18-10-9-17-13(24)19-14-21-20-12(25-14)11-7-5-4-6-8-11/h11H,4-10H2,1-3H3,(H,18,22)(H2,17,19,21,24). The average Bonchev–Trinajstić information content (AvgIpc) is 2.99. The lowest BCUT2D eigenvalue weighted by Gasteiger charge is -2.19. The van der Waals surface area contributed by atoms with Gasteiger partial charge in [-0.05, 0) is 45.8 Å². The molecule has 1 aromatic heterocycles. The van der Waals surface area contributed by atoms with Crippen molar-refractivity contribution >= 4 is 39.9 Å². The fraction of sp³-hybridized carbons (Fsp3) is 0.750. The molecule has 0 radical (unpaired) electrons. The maximum atomic E-state index is 11.5. The van der Waals surface area contributed by atoms with Crippen LogP contribution in [0, 0.1) is 0 Å². The minimum atomic E-state index is -0.498. The summed E-state index contributed by atoms with van der Waals surface area (Å²) in [4.78, 5) is 11.5. The van der Waals surface area contributed by atoms with E-state index in [4.69, 9.17) is 17.0 Å². The van der Waals surface area contributed by atoms with E-state index in [1.807, 2.05) is 20.8 Å². The molecule has 9 heteroatoms. The summed E-state index contributed by atoms with van der Waals surface area (Å²) < 4.78 is 5.16. The van der Waals surface area contributed by atoms with E-state index in [-0.39, 0.29) is 0 Å². The van der Waals surface area contributed by atoms with Gasteiger partial charge in [0, 0.05) is 19.0 Å². The van der Waals surface area contributed by atoms with Crippen molar-refractivity contribution in [3.8, 4) is 0 Å². The molecular formula is C16H27N5O2S2. The molecule has 0 spiro atoms. The summed E-state index contributed by atoms with van der Waals surface area (Å²) in [6.45, 7) is 6.40. The van der Waals surface area contributed by atoms with Gasteiger partial charge < -0.3 is 20.7 Å². The lowest BCUT2D eigenvalue weighted by Crippen LogP contribution is -2.39. The second kappa shape index (κ2) is 9.28. The largest absolute Gasteiger partial charge is 0.444 e. The topological polar surface area (TPSA) is 88.2 Å². The highest BCUT2D eigenvalue weighted by Gasteiger charge is 2.20. The van der Waals surface area contributed by atoms with E-state index < -0.39 is 11.7 Å². The van der Waals surface area contributed by atoms with Gasteiger partial charge in [0.05, 0.1) is 0 Å².